The molecule has 0 aliphatic carbocycles. The van der Waals surface area contributed by atoms with Gasteiger partial charge in [0.05, 0.1) is 26.4 Å². The van der Waals surface area contributed by atoms with Crippen LogP contribution < -0.4 is 0 Å². The number of ether oxygens (including phenoxy) is 4. The van der Waals surface area contributed by atoms with Crippen LogP contribution in [0.25, 0.3) is 0 Å². The van der Waals surface area contributed by atoms with Crippen molar-refractivity contribution >= 4 is 39.5 Å². The van der Waals surface area contributed by atoms with Crippen molar-refractivity contribution in [3.05, 3.63) is 0 Å². The van der Waals surface area contributed by atoms with Crippen LogP contribution in [0.2, 0.25) is 0 Å². The molecule has 0 amide bonds. The lowest BCUT2D eigenvalue weighted by Crippen LogP contribution is -2.30. The van der Waals surface area contributed by atoms with Gasteiger partial charge in [-0.3, -0.25) is 37.3 Å². The van der Waals surface area contributed by atoms with Crippen LogP contribution in [-0.2, 0) is 65.4 Å². The molecule has 90 heavy (non-hydrogen) atoms. The first-order valence-corrected chi connectivity index (χ1v) is 40.1. The van der Waals surface area contributed by atoms with Crippen LogP contribution in [0.5, 0.6) is 0 Å². The topological polar surface area (TPSA) is 237 Å². The number of unbranched alkanes of at least 4 members (excludes halogenated alkanes) is 43. The second kappa shape index (κ2) is 64.4. The summed E-state index contributed by atoms with van der Waals surface area (Å²) in [5, 5.41) is 10.6. The average molecular weight is 1330 g/mol. The van der Waals surface area contributed by atoms with E-state index in [0.717, 1.165) is 95.8 Å². The number of rotatable bonds is 71. The van der Waals surface area contributed by atoms with Crippen molar-refractivity contribution in [1.29, 1.82) is 0 Å². The summed E-state index contributed by atoms with van der Waals surface area (Å²) < 4.78 is 68.3. The number of hydrogen-bond donors (Lipinski definition) is 3. The number of phosphoric ester groups is 2. The predicted molar refractivity (Wildman–Crippen MR) is 363 cm³/mol. The van der Waals surface area contributed by atoms with Crippen LogP contribution in [0.1, 0.15) is 369 Å². The van der Waals surface area contributed by atoms with Crippen LogP contribution in [0, 0.1) is 5.92 Å². The molecule has 0 aromatic heterocycles. The van der Waals surface area contributed by atoms with Gasteiger partial charge in [-0.05, 0) is 31.6 Å². The van der Waals surface area contributed by atoms with E-state index in [-0.39, 0.29) is 25.7 Å². The van der Waals surface area contributed by atoms with E-state index in [0.29, 0.717) is 25.7 Å². The SMILES string of the molecule is CCCCCCCCCCCCCC(=O)OC[C@H](COP(=O)(O)OC[C@@H](O)COP(=O)(O)OC[C@@H](COC(=O)CCCCCCCCCCCC)OC(=O)CCCCCCCCCCCCC)OC(=O)CCCCCCCCCCCCCCCCCC(C)C. The van der Waals surface area contributed by atoms with Gasteiger partial charge in [0.2, 0.25) is 0 Å². The fraction of sp³-hybridized carbons (Fsp3) is 0.944. The Morgan fingerprint density at radius 3 is 0.756 bits per heavy atom. The standard InChI is InChI=1S/C71H138O17P2/c1-6-9-12-15-18-21-29-35-40-45-50-55-69(74)82-61-67(88-71(76)57-52-47-42-37-32-28-26-24-25-27-31-33-38-43-48-53-64(4)5)63-86-90(79,80)84-59-65(72)58-83-89(77,78)85-62-66(60-81-68(73)54-49-44-39-34-23-20-17-14-11-8-3)87-70(75)56-51-46-41-36-30-22-19-16-13-10-7-2/h64-67,72H,6-63H2,1-5H3,(H,77,78)(H,79,80)/t65-,66+,67+/m0/s1. The van der Waals surface area contributed by atoms with Crippen LogP contribution in [0.3, 0.4) is 0 Å². The highest BCUT2D eigenvalue weighted by Crippen LogP contribution is 2.45. The molecule has 0 aliphatic heterocycles. The maximum atomic E-state index is 13.0. The fourth-order valence-corrected chi connectivity index (χ4v) is 12.4. The van der Waals surface area contributed by atoms with Gasteiger partial charge in [-0.15, -0.1) is 0 Å². The van der Waals surface area contributed by atoms with Gasteiger partial charge >= 0.3 is 39.5 Å². The Labute approximate surface area is 549 Å². The van der Waals surface area contributed by atoms with Crippen molar-refractivity contribution in [3.63, 3.8) is 0 Å². The molecule has 0 spiro atoms. The summed E-state index contributed by atoms with van der Waals surface area (Å²) in [7, 11) is -9.90. The number of phosphoric acid groups is 2. The Morgan fingerprint density at radius 2 is 0.511 bits per heavy atom. The van der Waals surface area contributed by atoms with E-state index >= 15 is 0 Å². The first kappa shape index (κ1) is 88.1. The first-order valence-electron chi connectivity index (χ1n) is 37.1. The monoisotopic (exact) mass is 1320 g/mol. The molecule has 0 saturated carbocycles. The minimum absolute atomic E-state index is 0.107. The van der Waals surface area contributed by atoms with Gasteiger partial charge in [-0.1, -0.05) is 317 Å². The molecular formula is C71H138O17P2. The maximum Gasteiger partial charge on any atom is 0.472 e. The van der Waals surface area contributed by atoms with Gasteiger partial charge in [0.1, 0.15) is 19.3 Å². The summed E-state index contributed by atoms with van der Waals surface area (Å²) in [5.41, 5.74) is 0. The predicted octanol–water partition coefficient (Wildman–Crippen LogP) is 20.5. The summed E-state index contributed by atoms with van der Waals surface area (Å²) in [6.07, 6.45) is 51.2. The van der Waals surface area contributed by atoms with Gasteiger partial charge in [-0.25, -0.2) is 9.13 Å². The average Bonchev–Trinajstić information content (AvgIpc) is 2.99. The van der Waals surface area contributed by atoms with E-state index in [4.69, 9.17) is 37.0 Å². The van der Waals surface area contributed by atoms with Crippen LogP contribution in [0.15, 0.2) is 0 Å². The number of hydrogen-bond acceptors (Lipinski definition) is 15. The van der Waals surface area contributed by atoms with Crippen molar-refractivity contribution < 1.29 is 80.2 Å². The van der Waals surface area contributed by atoms with Gasteiger partial charge in [0.15, 0.2) is 12.2 Å². The lowest BCUT2D eigenvalue weighted by Gasteiger charge is -2.21. The first-order chi connectivity index (χ1) is 43.5. The molecular weight excluding hydrogens is 1190 g/mol. The molecule has 534 valence electrons. The third-order valence-corrected chi connectivity index (χ3v) is 18.4. The molecule has 17 nitrogen and oxygen atoms in total. The lowest BCUT2D eigenvalue weighted by molar-refractivity contribution is -0.161. The third-order valence-electron chi connectivity index (χ3n) is 16.5. The highest BCUT2D eigenvalue weighted by molar-refractivity contribution is 7.47. The zero-order chi connectivity index (χ0) is 66.3. The van der Waals surface area contributed by atoms with Crippen molar-refractivity contribution in [1.82, 2.24) is 0 Å². The molecule has 0 aliphatic rings. The molecule has 3 N–H and O–H groups in total. The van der Waals surface area contributed by atoms with Gasteiger partial charge in [-0.2, -0.15) is 0 Å². The second-order valence-corrected chi connectivity index (χ2v) is 29.0. The smallest absolute Gasteiger partial charge is 0.462 e. The van der Waals surface area contributed by atoms with E-state index in [1.807, 2.05) is 0 Å². The highest BCUT2D eigenvalue weighted by atomic mass is 31.2. The van der Waals surface area contributed by atoms with Crippen LogP contribution in [0.4, 0.5) is 0 Å². The normalized spacial score (nSPS) is 14.1. The molecule has 19 heteroatoms. The quantitative estimate of drug-likeness (QED) is 0.0222. The summed E-state index contributed by atoms with van der Waals surface area (Å²) in [6.45, 7) is 7.27. The van der Waals surface area contributed by atoms with E-state index in [1.54, 1.807) is 0 Å². The number of carbonyl (C=O) groups is 4. The minimum Gasteiger partial charge on any atom is -0.462 e. The Hall–Kier alpha value is -1.94. The Bertz CT molecular complexity index is 1740. The Balaban J connectivity index is 5.21. The molecule has 0 bridgehead atoms. The van der Waals surface area contributed by atoms with Gasteiger partial charge in [0, 0.05) is 25.7 Å². The van der Waals surface area contributed by atoms with Crippen molar-refractivity contribution in [2.24, 2.45) is 5.92 Å². The Kier molecular flexibility index (Phi) is 63.0. The number of esters is 4. The zero-order valence-electron chi connectivity index (χ0n) is 58.3. The molecule has 0 fully saturated rings. The number of aliphatic hydroxyl groups is 1. The molecule has 2 unspecified atom stereocenters. The van der Waals surface area contributed by atoms with Crippen molar-refractivity contribution in [2.75, 3.05) is 39.6 Å². The fourth-order valence-electron chi connectivity index (χ4n) is 10.8. The van der Waals surface area contributed by atoms with E-state index in [2.05, 4.69) is 34.6 Å². The molecule has 0 heterocycles. The summed E-state index contributed by atoms with van der Waals surface area (Å²) in [4.78, 5) is 72.5. The van der Waals surface area contributed by atoms with Crippen LogP contribution in [-0.4, -0.2) is 96.7 Å². The second-order valence-electron chi connectivity index (χ2n) is 26.1. The van der Waals surface area contributed by atoms with E-state index < -0.39 is 97.5 Å². The summed E-state index contributed by atoms with van der Waals surface area (Å²) in [5.74, 6) is -1.32. The van der Waals surface area contributed by atoms with Crippen molar-refractivity contribution in [2.45, 2.75) is 387 Å². The van der Waals surface area contributed by atoms with Gasteiger partial charge < -0.3 is 33.8 Å². The zero-order valence-corrected chi connectivity index (χ0v) is 60.1. The number of aliphatic hydroxyl groups excluding tert-OH is 1. The summed E-state index contributed by atoms with van der Waals surface area (Å²) >= 11 is 0. The largest absolute Gasteiger partial charge is 0.472 e. The third kappa shape index (κ3) is 64.8. The molecule has 0 saturated heterocycles. The van der Waals surface area contributed by atoms with Crippen LogP contribution >= 0.6 is 15.6 Å². The van der Waals surface area contributed by atoms with E-state index in [1.165, 1.54) is 193 Å². The molecule has 5 atom stereocenters. The lowest BCUT2D eigenvalue weighted by atomic mass is 10.0. The molecule has 0 aromatic carbocycles. The molecule has 0 rings (SSSR count). The minimum atomic E-state index is -4.95. The molecule has 0 radical (unpaired) electrons. The van der Waals surface area contributed by atoms with E-state index in [9.17, 15) is 43.2 Å². The number of carbonyl (C=O) groups excluding carboxylic acids is 4. The van der Waals surface area contributed by atoms with Gasteiger partial charge in [0.25, 0.3) is 0 Å². The maximum absolute atomic E-state index is 13.0. The summed E-state index contributed by atoms with van der Waals surface area (Å²) in [6, 6.07) is 0. The molecule has 0 aromatic rings. The van der Waals surface area contributed by atoms with Crippen molar-refractivity contribution in [3.8, 4) is 0 Å². The Morgan fingerprint density at radius 1 is 0.300 bits per heavy atom. The highest BCUT2D eigenvalue weighted by Gasteiger charge is 2.30.